The molecule has 0 unspecified atom stereocenters. The number of rotatable bonds is 6. The van der Waals surface area contributed by atoms with E-state index in [9.17, 15) is 4.79 Å². The first-order valence-corrected chi connectivity index (χ1v) is 9.90. The molecule has 0 heterocycles. The lowest BCUT2D eigenvalue weighted by atomic mass is 9.49. The quantitative estimate of drug-likeness (QED) is 0.797. The highest BCUT2D eigenvalue weighted by atomic mass is 16.5. The maximum atomic E-state index is 12.6. The molecular weight excluding hydrogens is 344 g/mol. The summed E-state index contributed by atoms with van der Waals surface area (Å²) in [6.07, 6.45) is 6.39. The second-order valence-electron chi connectivity index (χ2n) is 8.34. The molecule has 148 valence electrons. The fraction of sp³-hybridized carbons (Fsp3) is 0.667. The number of hydrogen-bond donors (Lipinski definition) is 2. The Morgan fingerprint density at radius 1 is 1.04 bits per heavy atom. The van der Waals surface area contributed by atoms with Gasteiger partial charge in [0.05, 0.1) is 25.5 Å². The van der Waals surface area contributed by atoms with E-state index in [1.54, 1.807) is 32.4 Å². The van der Waals surface area contributed by atoms with Crippen molar-refractivity contribution < 1.29 is 19.0 Å². The van der Waals surface area contributed by atoms with Gasteiger partial charge in [0.15, 0.2) is 0 Å². The molecule has 4 saturated carbocycles. The van der Waals surface area contributed by atoms with Crippen LogP contribution in [0.4, 0.5) is 10.5 Å². The average Bonchev–Trinajstić information content (AvgIpc) is 2.68. The predicted octanol–water partition coefficient (Wildman–Crippen LogP) is 3.67. The third-order valence-corrected chi connectivity index (χ3v) is 7.08. The molecule has 4 bridgehead atoms. The Balaban J connectivity index is 1.42. The molecule has 4 aliphatic carbocycles. The number of anilines is 1. The van der Waals surface area contributed by atoms with Crippen LogP contribution in [-0.2, 0) is 4.74 Å². The Bertz CT molecular complexity index is 677. The number of methoxy groups -OCH3 is 3. The van der Waals surface area contributed by atoms with Gasteiger partial charge in [0.2, 0.25) is 0 Å². The van der Waals surface area contributed by atoms with E-state index in [4.69, 9.17) is 14.2 Å². The van der Waals surface area contributed by atoms with Gasteiger partial charge in [-0.3, -0.25) is 0 Å². The van der Waals surface area contributed by atoms with Crippen LogP contribution in [0.3, 0.4) is 0 Å². The van der Waals surface area contributed by atoms with Crippen LogP contribution in [0.15, 0.2) is 18.2 Å². The minimum atomic E-state index is -0.233. The van der Waals surface area contributed by atoms with Gasteiger partial charge in [-0.1, -0.05) is 0 Å². The van der Waals surface area contributed by atoms with Crippen molar-refractivity contribution in [1.29, 1.82) is 0 Å². The molecular formula is C21H30N2O4. The summed E-state index contributed by atoms with van der Waals surface area (Å²) in [5.74, 6) is 4.12. The summed E-state index contributed by atoms with van der Waals surface area (Å²) in [4.78, 5) is 12.6. The van der Waals surface area contributed by atoms with Crippen LogP contribution in [-0.4, -0.2) is 39.5 Å². The van der Waals surface area contributed by atoms with Crippen molar-refractivity contribution in [3.63, 3.8) is 0 Å². The van der Waals surface area contributed by atoms with E-state index in [1.807, 2.05) is 7.11 Å². The van der Waals surface area contributed by atoms with Crippen LogP contribution in [0.5, 0.6) is 11.5 Å². The zero-order valence-electron chi connectivity index (χ0n) is 16.4. The van der Waals surface area contributed by atoms with Crippen LogP contribution in [0.1, 0.15) is 32.1 Å². The van der Waals surface area contributed by atoms with Crippen molar-refractivity contribution in [1.82, 2.24) is 5.32 Å². The average molecular weight is 374 g/mol. The van der Waals surface area contributed by atoms with Crippen molar-refractivity contribution in [3.8, 4) is 11.5 Å². The first-order chi connectivity index (χ1) is 13.1. The van der Waals surface area contributed by atoms with E-state index >= 15 is 0 Å². The molecule has 0 aliphatic heterocycles. The molecule has 1 aromatic carbocycles. The Hall–Kier alpha value is -1.95. The maximum absolute atomic E-state index is 12.6. The summed E-state index contributed by atoms with van der Waals surface area (Å²) >= 11 is 0. The molecule has 0 saturated heterocycles. The molecule has 0 spiro atoms. The van der Waals surface area contributed by atoms with Crippen LogP contribution >= 0.6 is 0 Å². The van der Waals surface area contributed by atoms with Gasteiger partial charge in [-0.05, 0) is 67.9 Å². The number of urea groups is 1. The summed E-state index contributed by atoms with van der Waals surface area (Å²) in [6, 6.07) is 5.10. The first kappa shape index (κ1) is 18.4. The lowest BCUT2D eigenvalue weighted by molar-refractivity contribution is -0.186. The number of carbonyl (C=O) groups excluding carboxylic acids is 1. The molecule has 0 aromatic heterocycles. The molecule has 6 heteroatoms. The SMILES string of the molecule is COc1ccc(NC(=O)NCC2(OC)C3CC4CC(C3)CC2C4)c(OC)c1. The molecule has 2 N–H and O–H groups in total. The van der Waals surface area contributed by atoms with Crippen molar-refractivity contribution in [2.24, 2.45) is 23.7 Å². The van der Waals surface area contributed by atoms with Gasteiger partial charge in [0, 0.05) is 19.7 Å². The van der Waals surface area contributed by atoms with Crippen LogP contribution < -0.4 is 20.1 Å². The van der Waals surface area contributed by atoms with Crippen LogP contribution in [0, 0.1) is 23.7 Å². The predicted molar refractivity (Wildman–Crippen MR) is 103 cm³/mol. The molecule has 6 nitrogen and oxygen atoms in total. The highest BCUT2D eigenvalue weighted by Crippen LogP contribution is 2.59. The minimum absolute atomic E-state index is 0.214. The van der Waals surface area contributed by atoms with Crippen molar-refractivity contribution in [2.75, 3.05) is 33.2 Å². The normalized spacial score (nSPS) is 33.6. The molecule has 27 heavy (non-hydrogen) atoms. The number of ether oxygens (including phenoxy) is 3. The zero-order chi connectivity index (χ0) is 19.0. The Morgan fingerprint density at radius 3 is 2.26 bits per heavy atom. The lowest BCUT2D eigenvalue weighted by Crippen LogP contribution is -2.63. The van der Waals surface area contributed by atoms with Crippen molar-refractivity contribution in [3.05, 3.63) is 18.2 Å². The standard InChI is InChI=1S/C21H30N2O4/c1-25-17-4-5-18(19(11-17)26-2)23-20(24)22-12-21(27-3)15-7-13-6-14(9-15)10-16(21)8-13/h4-5,11,13-16H,6-10,12H2,1-3H3,(H2,22,23,24). The summed E-state index contributed by atoms with van der Waals surface area (Å²) in [7, 11) is 4.99. The van der Waals surface area contributed by atoms with Gasteiger partial charge in [-0.25, -0.2) is 4.79 Å². The molecule has 0 atom stereocenters. The molecule has 1 aromatic rings. The first-order valence-electron chi connectivity index (χ1n) is 9.90. The van der Waals surface area contributed by atoms with Gasteiger partial charge in [0.1, 0.15) is 11.5 Å². The van der Waals surface area contributed by atoms with E-state index in [-0.39, 0.29) is 11.6 Å². The largest absolute Gasteiger partial charge is 0.497 e. The van der Waals surface area contributed by atoms with Gasteiger partial charge in [-0.2, -0.15) is 0 Å². The van der Waals surface area contributed by atoms with Gasteiger partial charge < -0.3 is 24.8 Å². The lowest BCUT2D eigenvalue weighted by Gasteiger charge is -2.60. The highest BCUT2D eigenvalue weighted by Gasteiger charge is 2.57. The number of hydrogen-bond acceptors (Lipinski definition) is 4. The fourth-order valence-corrected chi connectivity index (χ4v) is 5.96. The summed E-state index contributed by atoms with van der Waals surface area (Å²) < 4.78 is 16.7. The fourth-order valence-electron chi connectivity index (χ4n) is 5.96. The van der Waals surface area contributed by atoms with Crippen molar-refractivity contribution >= 4 is 11.7 Å². The Morgan fingerprint density at radius 2 is 1.70 bits per heavy atom. The second kappa shape index (κ2) is 7.23. The van der Waals surface area contributed by atoms with E-state index in [0.717, 1.165) is 11.8 Å². The molecule has 4 fully saturated rings. The highest BCUT2D eigenvalue weighted by molar-refractivity contribution is 5.91. The topological polar surface area (TPSA) is 68.8 Å². The molecule has 4 aliphatic rings. The Labute approximate surface area is 160 Å². The summed E-state index contributed by atoms with van der Waals surface area (Å²) in [6.45, 7) is 0.558. The van der Waals surface area contributed by atoms with E-state index in [0.29, 0.717) is 35.6 Å². The number of carbonyl (C=O) groups is 1. The number of benzene rings is 1. The van der Waals surface area contributed by atoms with E-state index in [2.05, 4.69) is 10.6 Å². The van der Waals surface area contributed by atoms with Crippen LogP contribution in [0.25, 0.3) is 0 Å². The van der Waals surface area contributed by atoms with Gasteiger partial charge >= 0.3 is 6.03 Å². The Kier molecular flexibility index (Phi) is 4.93. The van der Waals surface area contributed by atoms with Gasteiger partial charge in [0.25, 0.3) is 0 Å². The smallest absolute Gasteiger partial charge is 0.319 e. The van der Waals surface area contributed by atoms with Gasteiger partial charge in [-0.15, -0.1) is 0 Å². The summed E-state index contributed by atoms with van der Waals surface area (Å²) in [5.41, 5.74) is 0.404. The number of nitrogens with one attached hydrogen (secondary N) is 2. The monoisotopic (exact) mass is 374 g/mol. The third kappa shape index (κ3) is 3.24. The third-order valence-electron chi connectivity index (χ3n) is 7.08. The molecule has 2 amide bonds. The van der Waals surface area contributed by atoms with Crippen molar-refractivity contribution in [2.45, 2.75) is 37.7 Å². The maximum Gasteiger partial charge on any atom is 0.319 e. The summed E-state index contributed by atoms with van der Waals surface area (Å²) in [5, 5.41) is 5.96. The van der Waals surface area contributed by atoms with E-state index < -0.39 is 0 Å². The van der Waals surface area contributed by atoms with E-state index in [1.165, 1.54) is 32.1 Å². The second-order valence-corrected chi connectivity index (χ2v) is 8.34. The minimum Gasteiger partial charge on any atom is -0.497 e. The molecule has 0 radical (unpaired) electrons. The molecule has 5 rings (SSSR count). The van der Waals surface area contributed by atoms with Crippen LogP contribution in [0.2, 0.25) is 0 Å². The number of amides is 2. The zero-order valence-corrected chi connectivity index (χ0v) is 16.4.